The summed E-state index contributed by atoms with van der Waals surface area (Å²) in [6.07, 6.45) is 6.00. The molecule has 186 valence electrons. The number of hydrogen-bond donors (Lipinski definition) is 0. The van der Waals surface area contributed by atoms with Crippen molar-refractivity contribution in [1.29, 1.82) is 0 Å². The van der Waals surface area contributed by atoms with Crippen LogP contribution in [0.5, 0.6) is 5.75 Å². The zero-order chi connectivity index (χ0) is 25.2. The summed E-state index contributed by atoms with van der Waals surface area (Å²) >= 11 is 0. The van der Waals surface area contributed by atoms with Crippen LogP contribution in [-0.4, -0.2) is 22.1 Å². The van der Waals surface area contributed by atoms with Crippen LogP contribution in [0.3, 0.4) is 0 Å². The normalized spacial score (nSPS) is 10.8. The summed E-state index contributed by atoms with van der Waals surface area (Å²) in [5.74, 6) is 1.73. The van der Waals surface area contributed by atoms with E-state index in [-0.39, 0.29) is 5.97 Å². The second-order valence-corrected chi connectivity index (χ2v) is 8.90. The Balaban J connectivity index is 1.52. The van der Waals surface area contributed by atoms with E-state index in [1.165, 1.54) is 5.56 Å². The molecule has 0 spiro atoms. The summed E-state index contributed by atoms with van der Waals surface area (Å²) in [4.78, 5) is 16.4. The van der Waals surface area contributed by atoms with Crippen molar-refractivity contribution in [2.24, 2.45) is 0 Å². The third kappa shape index (κ3) is 6.85. The summed E-state index contributed by atoms with van der Waals surface area (Å²) in [5.41, 5.74) is 5.54. The van der Waals surface area contributed by atoms with Crippen molar-refractivity contribution in [2.45, 2.75) is 52.6 Å². The van der Waals surface area contributed by atoms with Crippen LogP contribution in [0.1, 0.15) is 49.6 Å². The van der Waals surface area contributed by atoms with Crippen molar-refractivity contribution < 1.29 is 14.3 Å². The van der Waals surface area contributed by atoms with Gasteiger partial charge in [-0.25, -0.2) is 4.98 Å². The summed E-state index contributed by atoms with van der Waals surface area (Å²) in [5, 5.41) is 0. The molecule has 0 saturated heterocycles. The molecule has 0 aliphatic rings. The Labute approximate surface area is 213 Å². The number of carbonyl (C=O) groups excluding carboxylic acids is 1. The molecular weight excluding hydrogens is 448 g/mol. The zero-order valence-corrected chi connectivity index (χ0v) is 21.2. The summed E-state index contributed by atoms with van der Waals surface area (Å²) < 4.78 is 13.4. The second kappa shape index (κ2) is 12.7. The first kappa shape index (κ1) is 25.2. The van der Waals surface area contributed by atoms with Crippen LogP contribution < -0.4 is 4.74 Å². The Bertz CT molecular complexity index is 1250. The van der Waals surface area contributed by atoms with E-state index in [1.807, 2.05) is 43.5 Å². The molecule has 0 bridgehead atoms. The minimum Gasteiger partial charge on any atom is -0.489 e. The van der Waals surface area contributed by atoms with E-state index in [4.69, 9.17) is 14.5 Å². The Morgan fingerprint density at radius 3 is 2.50 bits per heavy atom. The van der Waals surface area contributed by atoms with E-state index in [9.17, 15) is 4.79 Å². The number of aromatic nitrogens is 2. The van der Waals surface area contributed by atoms with Crippen molar-refractivity contribution in [2.75, 3.05) is 6.61 Å². The largest absolute Gasteiger partial charge is 0.489 e. The van der Waals surface area contributed by atoms with Crippen LogP contribution in [0.2, 0.25) is 0 Å². The molecule has 1 heterocycles. The SMILES string of the molecule is CCOC(=O)CCCCCc1ncc(-c2cccc(OCc3ccccc3)c2)n1-c1ccc(C)cc1. The lowest BCUT2D eigenvalue weighted by molar-refractivity contribution is -0.143. The van der Waals surface area contributed by atoms with E-state index < -0.39 is 0 Å². The topological polar surface area (TPSA) is 53.4 Å². The van der Waals surface area contributed by atoms with E-state index in [2.05, 4.69) is 60.0 Å². The maximum Gasteiger partial charge on any atom is 0.305 e. The number of unbranched alkanes of at least 4 members (excludes halogenated alkanes) is 2. The Hall–Kier alpha value is -3.86. The number of hydrogen-bond acceptors (Lipinski definition) is 4. The number of esters is 1. The Morgan fingerprint density at radius 1 is 0.917 bits per heavy atom. The highest BCUT2D eigenvalue weighted by molar-refractivity contribution is 5.69. The summed E-state index contributed by atoms with van der Waals surface area (Å²) in [6.45, 7) is 4.90. The number of benzene rings is 3. The van der Waals surface area contributed by atoms with E-state index in [0.29, 0.717) is 19.6 Å². The predicted octanol–water partition coefficient (Wildman–Crippen LogP) is 7.09. The van der Waals surface area contributed by atoms with Gasteiger partial charge < -0.3 is 9.47 Å². The molecule has 0 atom stereocenters. The smallest absolute Gasteiger partial charge is 0.305 e. The fraction of sp³-hybridized carbons (Fsp3) is 0.290. The van der Waals surface area contributed by atoms with Gasteiger partial charge >= 0.3 is 5.97 Å². The molecule has 36 heavy (non-hydrogen) atoms. The minimum absolute atomic E-state index is 0.115. The molecule has 4 aromatic rings. The van der Waals surface area contributed by atoms with Gasteiger partial charge in [0, 0.05) is 24.1 Å². The average molecular weight is 483 g/mol. The first-order valence-electron chi connectivity index (χ1n) is 12.7. The van der Waals surface area contributed by atoms with Gasteiger partial charge in [-0.1, -0.05) is 66.6 Å². The number of imidazole rings is 1. The quantitative estimate of drug-likeness (QED) is 0.160. The van der Waals surface area contributed by atoms with E-state index in [0.717, 1.165) is 59.8 Å². The lowest BCUT2D eigenvalue weighted by Crippen LogP contribution is -2.05. The summed E-state index contributed by atoms with van der Waals surface area (Å²) in [6, 6.07) is 26.9. The van der Waals surface area contributed by atoms with Gasteiger partial charge in [0.2, 0.25) is 0 Å². The monoisotopic (exact) mass is 482 g/mol. The first-order chi connectivity index (χ1) is 17.6. The van der Waals surface area contributed by atoms with Crippen molar-refractivity contribution in [3.05, 3.63) is 102 Å². The van der Waals surface area contributed by atoms with Gasteiger partial charge in [-0.3, -0.25) is 9.36 Å². The molecule has 0 N–H and O–H groups in total. The molecular formula is C31H34N2O3. The van der Waals surface area contributed by atoms with Crippen LogP contribution in [0.4, 0.5) is 0 Å². The lowest BCUT2D eigenvalue weighted by atomic mass is 10.1. The fourth-order valence-corrected chi connectivity index (χ4v) is 4.20. The van der Waals surface area contributed by atoms with Gasteiger partial charge in [0.25, 0.3) is 0 Å². The van der Waals surface area contributed by atoms with Crippen LogP contribution in [0, 0.1) is 6.92 Å². The Kier molecular flexibility index (Phi) is 8.92. The zero-order valence-electron chi connectivity index (χ0n) is 21.2. The van der Waals surface area contributed by atoms with Gasteiger partial charge in [-0.2, -0.15) is 0 Å². The standard InChI is InChI=1S/C31H34N2O3/c1-3-35-31(34)16-9-5-8-15-30-32-22-29(33(30)27-19-17-24(2)18-20-27)26-13-10-14-28(21-26)36-23-25-11-6-4-7-12-25/h4,6-7,10-14,17-22H,3,5,8-9,15-16,23H2,1-2H3. The number of aryl methyl sites for hydroxylation is 2. The number of rotatable bonds is 12. The lowest BCUT2D eigenvalue weighted by Gasteiger charge is -2.14. The fourth-order valence-electron chi connectivity index (χ4n) is 4.20. The van der Waals surface area contributed by atoms with Crippen LogP contribution in [-0.2, 0) is 22.6 Å². The predicted molar refractivity (Wildman–Crippen MR) is 143 cm³/mol. The highest BCUT2D eigenvalue weighted by Crippen LogP contribution is 2.29. The van der Waals surface area contributed by atoms with Crippen LogP contribution in [0.15, 0.2) is 85.1 Å². The molecule has 5 nitrogen and oxygen atoms in total. The van der Waals surface area contributed by atoms with Crippen LogP contribution >= 0.6 is 0 Å². The highest BCUT2D eigenvalue weighted by atomic mass is 16.5. The molecule has 4 rings (SSSR count). The van der Waals surface area contributed by atoms with Gasteiger partial charge in [0.15, 0.2) is 0 Å². The molecule has 0 unspecified atom stereocenters. The average Bonchev–Trinajstić information content (AvgIpc) is 3.32. The number of carbonyl (C=O) groups is 1. The van der Waals surface area contributed by atoms with Crippen molar-refractivity contribution >= 4 is 5.97 Å². The molecule has 0 fully saturated rings. The van der Waals surface area contributed by atoms with Gasteiger partial charge in [0.1, 0.15) is 18.2 Å². The second-order valence-electron chi connectivity index (χ2n) is 8.90. The van der Waals surface area contributed by atoms with Gasteiger partial charge in [0.05, 0.1) is 18.5 Å². The third-order valence-corrected chi connectivity index (χ3v) is 6.09. The molecule has 0 aliphatic carbocycles. The first-order valence-corrected chi connectivity index (χ1v) is 12.7. The maximum atomic E-state index is 11.6. The molecule has 0 aliphatic heterocycles. The Morgan fingerprint density at radius 2 is 1.72 bits per heavy atom. The third-order valence-electron chi connectivity index (χ3n) is 6.09. The van der Waals surface area contributed by atoms with Gasteiger partial charge in [-0.05, 0) is 56.5 Å². The number of nitrogens with zero attached hydrogens (tertiary/aromatic N) is 2. The van der Waals surface area contributed by atoms with Crippen LogP contribution in [0.25, 0.3) is 16.9 Å². The minimum atomic E-state index is -0.115. The molecule has 3 aromatic carbocycles. The van der Waals surface area contributed by atoms with Crippen molar-refractivity contribution in [3.8, 4) is 22.7 Å². The molecule has 5 heteroatoms. The molecule has 1 aromatic heterocycles. The highest BCUT2D eigenvalue weighted by Gasteiger charge is 2.14. The number of ether oxygens (including phenoxy) is 2. The maximum absolute atomic E-state index is 11.6. The summed E-state index contributed by atoms with van der Waals surface area (Å²) in [7, 11) is 0. The van der Waals surface area contributed by atoms with E-state index in [1.54, 1.807) is 0 Å². The van der Waals surface area contributed by atoms with Crippen molar-refractivity contribution in [3.63, 3.8) is 0 Å². The van der Waals surface area contributed by atoms with Gasteiger partial charge in [-0.15, -0.1) is 0 Å². The molecule has 0 radical (unpaired) electrons. The van der Waals surface area contributed by atoms with E-state index >= 15 is 0 Å². The molecule has 0 saturated carbocycles. The van der Waals surface area contributed by atoms with Crippen molar-refractivity contribution in [1.82, 2.24) is 9.55 Å². The molecule has 0 amide bonds.